The Bertz CT molecular complexity index is 4090. The third kappa shape index (κ3) is 8.95. The highest BCUT2D eigenvalue weighted by Crippen LogP contribution is 2.50. The van der Waals surface area contributed by atoms with Crippen molar-refractivity contribution in [2.24, 2.45) is 0 Å². The normalized spacial score (nSPS) is 11.5. The maximum Gasteiger partial charge on any atom is 0.417 e. The molecule has 0 aliphatic carbocycles. The Morgan fingerprint density at radius 3 is 1.17 bits per heavy atom. The zero-order valence-electron chi connectivity index (χ0n) is 40.0. The van der Waals surface area contributed by atoms with E-state index in [1.165, 1.54) is 60.7 Å². The third-order valence-corrected chi connectivity index (χ3v) is 13.4. The summed E-state index contributed by atoms with van der Waals surface area (Å²) in [7, 11) is 0. The topological polar surface area (TPSA) is 126 Å². The molecule has 2 heterocycles. The molecule has 0 saturated carbocycles. The summed E-state index contributed by atoms with van der Waals surface area (Å²) in [5.41, 5.74) is 2.84. The lowest BCUT2D eigenvalue weighted by molar-refractivity contribution is -0.137. The van der Waals surface area contributed by atoms with Gasteiger partial charge in [-0.1, -0.05) is 121 Å². The number of alkyl halides is 6. The molecule has 13 heteroatoms. The van der Waals surface area contributed by atoms with E-state index in [4.69, 9.17) is 9.97 Å². The van der Waals surface area contributed by atoms with E-state index in [0.717, 1.165) is 12.1 Å². The molecule has 0 atom stereocenters. The molecule has 0 unspecified atom stereocenters. The molecule has 0 N–H and O–H groups in total. The first-order chi connectivity index (χ1) is 37.3. The molecule has 0 fully saturated rings. The van der Waals surface area contributed by atoms with Crippen LogP contribution in [0.2, 0.25) is 0 Å². The number of benzene rings is 9. The molecule has 11 aromatic rings. The van der Waals surface area contributed by atoms with Gasteiger partial charge in [-0.15, -0.1) is 0 Å². The largest absolute Gasteiger partial charge is 0.417 e. The van der Waals surface area contributed by atoms with E-state index in [1.54, 1.807) is 71.3 Å². The molecule has 0 saturated heterocycles. The lowest BCUT2D eigenvalue weighted by Gasteiger charge is -2.24. The smallest absolute Gasteiger partial charge is 0.308 e. The minimum absolute atomic E-state index is 0.0242. The van der Waals surface area contributed by atoms with Gasteiger partial charge < -0.3 is 4.57 Å². The van der Waals surface area contributed by atoms with E-state index in [0.29, 0.717) is 66.6 Å². The SMILES string of the molecule is N#Cc1ccc(-c2ccc3c(c2)c2cc(-c4ccc(C#N)cc4C#N)ccc2n3-c2c(-c3ccccc3C(F)(F)F)cc(-c3nc(-c4ccccc4)cc(-c4ccccc4)n3)cc2-c2ccccc2C(F)(F)F)c(C#N)c1. The van der Waals surface area contributed by atoms with E-state index in [1.807, 2.05) is 72.8 Å². The number of hydrogen-bond donors (Lipinski definition) is 0. The van der Waals surface area contributed by atoms with Crippen molar-refractivity contribution in [2.75, 3.05) is 0 Å². The van der Waals surface area contributed by atoms with E-state index in [2.05, 4.69) is 12.1 Å². The predicted molar refractivity (Wildman–Crippen MR) is 283 cm³/mol. The van der Waals surface area contributed by atoms with E-state index >= 15 is 26.3 Å². The van der Waals surface area contributed by atoms with Gasteiger partial charge in [-0.05, 0) is 112 Å². The van der Waals surface area contributed by atoms with Gasteiger partial charge in [0.15, 0.2) is 5.82 Å². The van der Waals surface area contributed by atoms with Gasteiger partial charge in [0, 0.05) is 38.6 Å². The van der Waals surface area contributed by atoms with Crippen LogP contribution < -0.4 is 0 Å². The number of nitrogens with zero attached hydrogens (tertiary/aromatic N) is 7. The van der Waals surface area contributed by atoms with Gasteiger partial charge in [0.25, 0.3) is 0 Å². The Balaban J connectivity index is 1.32. The Labute approximate surface area is 436 Å². The Kier molecular flexibility index (Phi) is 12.2. The minimum atomic E-state index is -4.96. The first-order valence-electron chi connectivity index (χ1n) is 23.8. The highest BCUT2D eigenvalue weighted by molar-refractivity contribution is 6.13. The van der Waals surface area contributed by atoms with Crippen LogP contribution in [0.1, 0.15) is 33.4 Å². The van der Waals surface area contributed by atoms with E-state index in [-0.39, 0.29) is 61.6 Å². The lowest BCUT2D eigenvalue weighted by Crippen LogP contribution is -2.11. The molecular weight excluding hydrogens is 981 g/mol. The van der Waals surface area contributed by atoms with Crippen molar-refractivity contribution in [3.05, 3.63) is 234 Å². The van der Waals surface area contributed by atoms with E-state index < -0.39 is 23.5 Å². The van der Waals surface area contributed by atoms with Crippen LogP contribution >= 0.6 is 0 Å². The third-order valence-electron chi connectivity index (χ3n) is 13.4. The van der Waals surface area contributed by atoms with Crippen LogP contribution in [0.5, 0.6) is 0 Å². The molecule has 9 aromatic carbocycles. The number of fused-ring (bicyclic) bond motifs is 3. The van der Waals surface area contributed by atoms with Gasteiger partial charge in [0.05, 0.1) is 85.8 Å². The second-order valence-corrected chi connectivity index (χ2v) is 18.0. The predicted octanol–water partition coefficient (Wildman–Crippen LogP) is 16.8. The van der Waals surface area contributed by atoms with Crippen LogP contribution in [0.15, 0.2) is 200 Å². The lowest BCUT2D eigenvalue weighted by atomic mass is 9.88. The summed E-state index contributed by atoms with van der Waals surface area (Å²) in [6.45, 7) is 0. The van der Waals surface area contributed by atoms with Crippen molar-refractivity contribution in [2.45, 2.75) is 12.4 Å². The molecule has 77 heavy (non-hydrogen) atoms. The van der Waals surface area contributed by atoms with Gasteiger partial charge in [-0.3, -0.25) is 0 Å². The van der Waals surface area contributed by atoms with Crippen molar-refractivity contribution < 1.29 is 26.3 Å². The summed E-state index contributed by atoms with van der Waals surface area (Å²) in [5, 5.41) is 40.9. The fourth-order valence-electron chi connectivity index (χ4n) is 9.95. The molecule has 0 aliphatic rings. The summed E-state index contributed by atoms with van der Waals surface area (Å²) in [6.07, 6.45) is -9.91. The van der Waals surface area contributed by atoms with Crippen LogP contribution in [0.4, 0.5) is 26.3 Å². The summed E-state index contributed by atoms with van der Waals surface area (Å²) in [5.74, 6) is 0.0242. The average Bonchev–Trinajstić information content (AvgIpc) is 4.07. The van der Waals surface area contributed by atoms with Crippen molar-refractivity contribution >= 4 is 21.8 Å². The molecule has 0 amide bonds. The Morgan fingerprint density at radius 2 is 0.766 bits per heavy atom. The van der Waals surface area contributed by atoms with Gasteiger partial charge >= 0.3 is 12.4 Å². The molecular formula is C64H33F6N7. The molecule has 7 nitrogen and oxygen atoms in total. The first kappa shape index (κ1) is 48.7. The van der Waals surface area contributed by atoms with Gasteiger partial charge in [-0.25, -0.2) is 9.97 Å². The summed E-state index contributed by atoms with van der Waals surface area (Å²) >= 11 is 0. The molecule has 0 spiro atoms. The molecule has 2 aromatic heterocycles. The number of aromatic nitrogens is 3. The fraction of sp³-hybridized carbons (Fsp3) is 0.0312. The summed E-state index contributed by atoms with van der Waals surface area (Å²) < 4.78 is 95.4. The molecule has 0 bridgehead atoms. The van der Waals surface area contributed by atoms with Crippen molar-refractivity contribution in [3.8, 4) is 108 Å². The number of hydrogen-bond acceptors (Lipinski definition) is 6. The standard InChI is InChI=1S/C64H33F6N7/c65-63(66,67)55-17-9-7-15-49(55)53-31-44(62-75-57(40-11-3-1-4-12-40)33-58(76-62)41-13-5-2-6-14-41)32-54(50-16-8-10-18-56(50)64(68,69)70)61(53)77-59-25-21-42(47-23-19-38(34-71)27-45(47)36-73)29-51(59)52-30-43(22-26-60(52)77)48-24-20-39(35-72)28-46(48)37-74/h1-33H. The summed E-state index contributed by atoms with van der Waals surface area (Å²) in [6, 6.07) is 60.9. The Morgan fingerprint density at radius 1 is 0.351 bits per heavy atom. The quantitative estimate of drug-likeness (QED) is 0.140. The van der Waals surface area contributed by atoms with Crippen molar-refractivity contribution in [3.63, 3.8) is 0 Å². The molecule has 11 rings (SSSR count). The minimum Gasteiger partial charge on any atom is -0.308 e. The average molecular weight is 1010 g/mol. The zero-order valence-corrected chi connectivity index (χ0v) is 40.0. The van der Waals surface area contributed by atoms with Crippen LogP contribution in [0, 0.1) is 45.3 Å². The van der Waals surface area contributed by atoms with Crippen LogP contribution in [0.25, 0.3) is 106 Å². The maximum absolute atomic E-state index is 15.6. The van der Waals surface area contributed by atoms with E-state index in [9.17, 15) is 21.0 Å². The maximum atomic E-state index is 15.6. The second kappa shape index (κ2) is 19.3. The number of nitriles is 4. The second-order valence-electron chi connectivity index (χ2n) is 18.0. The fourth-order valence-corrected chi connectivity index (χ4v) is 9.95. The highest BCUT2D eigenvalue weighted by atomic mass is 19.4. The highest BCUT2D eigenvalue weighted by Gasteiger charge is 2.37. The first-order valence-corrected chi connectivity index (χ1v) is 23.8. The monoisotopic (exact) mass is 1010 g/mol. The number of rotatable bonds is 8. The van der Waals surface area contributed by atoms with Crippen LogP contribution in [-0.4, -0.2) is 14.5 Å². The van der Waals surface area contributed by atoms with Crippen molar-refractivity contribution in [1.82, 2.24) is 14.5 Å². The Hall–Kier alpha value is -10.6. The molecule has 366 valence electrons. The van der Waals surface area contributed by atoms with Gasteiger partial charge in [0.2, 0.25) is 0 Å². The van der Waals surface area contributed by atoms with Gasteiger partial charge in [-0.2, -0.15) is 47.4 Å². The zero-order chi connectivity index (χ0) is 53.6. The molecule has 0 radical (unpaired) electrons. The van der Waals surface area contributed by atoms with Crippen molar-refractivity contribution in [1.29, 1.82) is 21.0 Å². The van der Waals surface area contributed by atoms with Crippen LogP contribution in [0.3, 0.4) is 0 Å². The number of halogens is 6. The summed E-state index contributed by atoms with van der Waals surface area (Å²) in [4.78, 5) is 9.97. The van der Waals surface area contributed by atoms with Gasteiger partial charge in [0.1, 0.15) is 0 Å². The van der Waals surface area contributed by atoms with Crippen LogP contribution in [-0.2, 0) is 12.4 Å². The molecule has 0 aliphatic heterocycles.